The van der Waals surface area contributed by atoms with E-state index in [1.54, 1.807) is 30.3 Å². The first-order valence-electron chi connectivity index (χ1n) is 10.6. The van der Waals surface area contributed by atoms with Gasteiger partial charge in [0.25, 0.3) is 11.6 Å². The second-order valence-corrected chi connectivity index (χ2v) is 8.83. The van der Waals surface area contributed by atoms with Gasteiger partial charge in [-0.3, -0.25) is 14.9 Å². The van der Waals surface area contributed by atoms with Gasteiger partial charge in [0.05, 0.1) is 27.4 Å². The Hall–Kier alpha value is -4.19. The lowest BCUT2D eigenvalue weighted by Gasteiger charge is -2.13. The number of hydrogen-bond donors (Lipinski definition) is 2. The minimum absolute atomic E-state index is 0.0108. The first kappa shape index (κ1) is 24.9. The van der Waals surface area contributed by atoms with Crippen molar-refractivity contribution in [3.63, 3.8) is 0 Å². The molecule has 0 aliphatic carbocycles. The summed E-state index contributed by atoms with van der Waals surface area (Å²) >= 11 is 2.09. The number of methoxy groups -OCH3 is 1. The smallest absolute Gasteiger partial charge is 0.275 e. The number of phenols is 1. The van der Waals surface area contributed by atoms with Gasteiger partial charge in [-0.25, -0.2) is 5.43 Å². The monoisotopic (exact) mass is 597 g/mol. The standard InChI is InChI=1S/C26H20IN3O6/c1-35-24-11-17(10-22(27)25(24)36-15-16-5-4-8-20(9-16)30(33)34)14-28-29-26(32)21-12-18-6-2-3-7-19(18)13-23(21)31/h2-14,31H,15H2,1H3,(H,29,32). The van der Waals surface area contributed by atoms with Crippen LogP contribution in [0.5, 0.6) is 17.2 Å². The first-order chi connectivity index (χ1) is 17.4. The molecule has 9 nitrogen and oxygen atoms in total. The molecule has 0 aliphatic heterocycles. The van der Waals surface area contributed by atoms with E-state index in [9.17, 15) is 20.0 Å². The van der Waals surface area contributed by atoms with Crippen LogP contribution in [0.25, 0.3) is 10.8 Å². The highest BCUT2D eigenvalue weighted by Crippen LogP contribution is 2.34. The molecule has 0 radical (unpaired) electrons. The van der Waals surface area contributed by atoms with Crippen LogP contribution in [-0.2, 0) is 6.61 Å². The third-order valence-electron chi connectivity index (χ3n) is 5.24. The SMILES string of the molecule is COc1cc(C=NNC(=O)c2cc3ccccc3cc2O)cc(I)c1OCc1cccc([N+](=O)[O-])c1. The van der Waals surface area contributed by atoms with Crippen LogP contribution in [0.1, 0.15) is 21.5 Å². The van der Waals surface area contributed by atoms with Crippen molar-refractivity contribution in [1.29, 1.82) is 0 Å². The van der Waals surface area contributed by atoms with Crippen molar-refractivity contribution < 1.29 is 24.3 Å². The number of nitrogens with zero attached hydrogens (tertiary/aromatic N) is 2. The van der Waals surface area contributed by atoms with Crippen molar-refractivity contribution in [1.82, 2.24) is 5.43 Å². The topological polar surface area (TPSA) is 123 Å². The summed E-state index contributed by atoms with van der Waals surface area (Å²) in [5.74, 6) is 0.232. The van der Waals surface area contributed by atoms with Crippen molar-refractivity contribution in [2.45, 2.75) is 6.61 Å². The molecule has 0 saturated carbocycles. The molecule has 4 rings (SSSR count). The fourth-order valence-electron chi connectivity index (χ4n) is 3.51. The van der Waals surface area contributed by atoms with Crippen LogP contribution >= 0.6 is 22.6 Å². The highest BCUT2D eigenvalue weighted by molar-refractivity contribution is 14.1. The second-order valence-electron chi connectivity index (χ2n) is 7.67. The van der Waals surface area contributed by atoms with Gasteiger partial charge in [0.2, 0.25) is 0 Å². The number of aromatic hydroxyl groups is 1. The van der Waals surface area contributed by atoms with Crippen molar-refractivity contribution >= 4 is 51.2 Å². The summed E-state index contributed by atoms with van der Waals surface area (Å²) in [6, 6.07) is 20.2. The Morgan fingerprint density at radius 3 is 2.58 bits per heavy atom. The molecule has 10 heteroatoms. The molecule has 4 aromatic carbocycles. The number of rotatable bonds is 8. The van der Waals surface area contributed by atoms with E-state index in [0.29, 0.717) is 22.6 Å². The zero-order valence-corrected chi connectivity index (χ0v) is 21.1. The average molecular weight is 597 g/mol. The Bertz CT molecular complexity index is 1490. The first-order valence-corrected chi connectivity index (χ1v) is 11.7. The lowest BCUT2D eigenvalue weighted by atomic mass is 10.1. The van der Waals surface area contributed by atoms with Gasteiger partial charge < -0.3 is 14.6 Å². The maximum atomic E-state index is 12.6. The maximum absolute atomic E-state index is 12.6. The summed E-state index contributed by atoms with van der Waals surface area (Å²) in [7, 11) is 1.50. The number of benzene rings is 4. The third kappa shape index (κ3) is 5.71. The van der Waals surface area contributed by atoms with Gasteiger partial charge in [-0.15, -0.1) is 0 Å². The van der Waals surface area contributed by atoms with Gasteiger partial charge in [-0.05, 0) is 68.8 Å². The summed E-state index contributed by atoms with van der Waals surface area (Å²) in [5.41, 5.74) is 3.82. The van der Waals surface area contributed by atoms with Gasteiger partial charge in [0.1, 0.15) is 12.4 Å². The van der Waals surface area contributed by atoms with Crippen molar-refractivity contribution in [3.05, 3.63) is 103 Å². The molecule has 0 saturated heterocycles. The number of hydrazone groups is 1. The average Bonchev–Trinajstić information content (AvgIpc) is 2.87. The van der Waals surface area contributed by atoms with Crippen LogP contribution in [0.2, 0.25) is 0 Å². The minimum atomic E-state index is -0.548. The molecule has 4 aromatic rings. The molecule has 0 aliphatic rings. The second kappa shape index (κ2) is 11.0. The van der Waals surface area contributed by atoms with E-state index in [1.807, 2.05) is 24.3 Å². The number of phenolic OH excluding ortho intramolecular Hbond substituents is 1. The number of nitro groups is 1. The summed E-state index contributed by atoms with van der Waals surface area (Å²) in [5, 5.41) is 26.9. The van der Waals surface area contributed by atoms with E-state index in [2.05, 4.69) is 33.1 Å². The van der Waals surface area contributed by atoms with E-state index in [0.717, 1.165) is 14.3 Å². The fraction of sp³-hybridized carbons (Fsp3) is 0.0769. The molecule has 0 spiro atoms. The van der Waals surface area contributed by atoms with Gasteiger partial charge in [0.15, 0.2) is 11.5 Å². The molecule has 0 unspecified atom stereocenters. The lowest BCUT2D eigenvalue weighted by molar-refractivity contribution is -0.384. The quantitative estimate of drug-likeness (QED) is 0.121. The number of amides is 1. The fourth-order valence-corrected chi connectivity index (χ4v) is 4.29. The number of halogens is 1. The molecule has 1 amide bonds. The number of ether oxygens (including phenoxy) is 2. The maximum Gasteiger partial charge on any atom is 0.275 e. The number of non-ortho nitro benzene ring substituents is 1. The molecule has 0 aromatic heterocycles. The Balaban J connectivity index is 1.46. The normalized spacial score (nSPS) is 10.9. The third-order valence-corrected chi connectivity index (χ3v) is 6.05. The molecule has 0 heterocycles. The predicted molar refractivity (Wildman–Crippen MR) is 144 cm³/mol. The number of hydrogen-bond acceptors (Lipinski definition) is 7. The van der Waals surface area contributed by atoms with Gasteiger partial charge >= 0.3 is 0 Å². The van der Waals surface area contributed by atoms with Crippen molar-refractivity contribution in [3.8, 4) is 17.2 Å². The molecule has 2 N–H and O–H groups in total. The predicted octanol–water partition coefficient (Wildman–Crippen LogP) is 5.41. The number of carbonyl (C=O) groups excluding carboxylic acids is 1. The minimum Gasteiger partial charge on any atom is -0.507 e. The van der Waals surface area contributed by atoms with E-state index in [1.165, 1.54) is 31.5 Å². The van der Waals surface area contributed by atoms with Gasteiger partial charge in [0, 0.05) is 12.1 Å². The molecule has 0 atom stereocenters. The van der Waals surface area contributed by atoms with Crippen LogP contribution in [0.15, 0.2) is 77.9 Å². The molecule has 36 heavy (non-hydrogen) atoms. The van der Waals surface area contributed by atoms with Crippen molar-refractivity contribution in [2.75, 3.05) is 7.11 Å². The Labute approximate surface area is 219 Å². The number of carbonyl (C=O) groups is 1. The Kier molecular flexibility index (Phi) is 7.64. The molecular formula is C26H20IN3O6. The Morgan fingerprint density at radius 2 is 1.86 bits per heavy atom. The van der Waals surface area contributed by atoms with Crippen LogP contribution in [0.4, 0.5) is 5.69 Å². The van der Waals surface area contributed by atoms with Gasteiger partial charge in [-0.1, -0.05) is 36.4 Å². The number of fused-ring (bicyclic) bond motifs is 1. The van der Waals surface area contributed by atoms with Crippen molar-refractivity contribution in [2.24, 2.45) is 5.10 Å². The molecular weight excluding hydrogens is 577 g/mol. The Morgan fingerprint density at radius 1 is 1.11 bits per heavy atom. The highest BCUT2D eigenvalue weighted by atomic mass is 127. The lowest BCUT2D eigenvalue weighted by Crippen LogP contribution is -2.17. The number of nitro benzene ring substituents is 1. The number of nitrogens with one attached hydrogen (secondary N) is 1. The van der Waals surface area contributed by atoms with Crippen LogP contribution < -0.4 is 14.9 Å². The van der Waals surface area contributed by atoms with Crippen LogP contribution in [-0.4, -0.2) is 29.3 Å². The van der Waals surface area contributed by atoms with Crippen LogP contribution in [0.3, 0.4) is 0 Å². The van der Waals surface area contributed by atoms with E-state index >= 15 is 0 Å². The van der Waals surface area contributed by atoms with E-state index in [-0.39, 0.29) is 23.6 Å². The summed E-state index contributed by atoms with van der Waals surface area (Å²) in [4.78, 5) is 23.1. The summed E-state index contributed by atoms with van der Waals surface area (Å²) < 4.78 is 12.1. The molecule has 182 valence electrons. The van der Waals surface area contributed by atoms with E-state index < -0.39 is 10.8 Å². The molecule has 0 bridgehead atoms. The van der Waals surface area contributed by atoms with E-state index in [4.69, 9.17) is 9.47 Å². The zero-order chi connectivity index (χ0) is 25.7. The highest BCUT2D eigenvalue weighted by Gasteiger charge is 2.14. The summed E-state index contributed by atoms with van der Waals surface area (Å²) in [6.07, 6.45) is 1.45. The zero-order valence-electron chi connectivity index (χ0n) is 19.0. The van der Waals surface area contributed by atoms with Crippen LogP contribution in [0, 0.1) is 13.7 Å². The summed E-state index contributed by atoms with van der Waals surface area (Å²) in [6.45, 7) is 0.118. The largest absolute Gasteiger partial charge is 0.507 e. The molecule has 0 fully saturated rings. The van der Waals surface area contributed by atoms with Gasteiger partial charge in [-0.2, -0.15) is 5.10 Å².